The molecule has 0 bridgehead atoms. The third kappa shape index (κ3) is 5.43. The van der Waals surface area contributed by atoms with Crippen molar-refractivity contribution in [2.24, 2.45) is 0 Å². The van der Waals surface area contributed by atoms with Crippen molar-refractivity contribution in [3.8, 4) is 11.5 Å². The van der Waals surface area contributed by atoms with E-state index in [0.717, 1.165) is 28.9 Å². The maximum atomic E-state index is 5.66. The van der Waals surface area contributed by atoms with Gasteiger partial charge in [0.2, 0.25) is 0 Å². The van der Waals surface area contributed by atoms with Gasteiger partial charge in [0.15, 0.2) is 11.5 Å². The van der Waals surface area contributed by atoms with Gasteiger partial charge in [0.1, 0.15) is 6.61 Å². The Morgan fingerprint density at radius 3 is 2.74 bits per heavy atom. The number of benzene rings is 1. The van der Waals surface area contributed by atoms with E-state index in [1.807, 2.05) is 19.1 Å². The van der Waals surface area contributed by atoms with Crippen LogP contribution in [0.15, 0.2) is 28.2 Å². The van der Waals surface area contributed by atoms with E-state index in [2.05, 4.69) is 28.2 Å². The molecule has 5 heteroatoms. The lowest BCUT2D eigenvalue weighted by Gasteiger charge is -2.14. The molecule has 1 aromatic carbocycles. The van der Waals surface area contributed by atoms with Gasteiger partial charge in [-0.25, -0.2) is 0 Å². The summed E-state index contributed by atoms with van der Waals surface area (Å²) in [4.78, 5) is 0. The van der Waals surface area contributed by atoms with Crippen LogP contribution in [0, 0.1) is 0 Å². The summed E-state index contributed by atoms with van der Waals surface area (Å²) in [6, 6.07) is 4.03. The number of nitrogens with one attached hydrogen (secondary N) is 1. The van der Waals surface area contributed by atoms with E-state index < -0.39 is 0 Å². The number of hydrogen-bond donors (Lipinski definition) is 1. The van der Waals surface area contributed by atoms with Gasteiger partial charge in [-0.3, -0.25) is 0 Å². The zero-order valence-electron chi connectivity index (χ0n) is 11.2. The molecule has 19 heavy (non-hydrogen) atoms. The van der Waals surface area contributed by atoms with Crippen LogP contribution in [0.1, 0.15) is 19.4 Å². The maximum absolute atomic E-state index is 5.66. The molecule has 0 radical (unpaired) electrons. The molecule has 1 N–H and O–H groups in total. The van der Waals surface area contributed by atoms with Crippen LogP contribution in [-0.4, -0.2) is 19.8 Å². The first kappa shape index (κ1) is 16.3. The van der Waals surface area contributed by atoms with Crippen LogP contribution in [0.5, 0.6) is 11.5 Å². The van der Waals surface area contributed by atoms with Gasteiger partial charge < -0.3 is 14.8 Å². The zero-order chi connectivity index (χ0) is 14.1. The minimum absolute atomic E-state index is 0.411. The highest BCUT2D eigenvalue weighted by Crippen LogP contribution is 2.37. The summed E-state index contributed by atoms with van der Waals surface area (Å²) in [6.07, 6.45) is 1.73. The highest BCUT2D eigenvalue weighted by molar-refractivity contribution is 9.10. The topological polar surface area (TPSA) is 30.5 Å². The van der Waals surface area contributed by atoms with E-state index in [1.165, 1.54) is 5.54 Å². The first-order chi connectivity index (χ1) is 9.22. The van der Waals surface area contributed by atoms with Crippen LogP contribution in [-0.2, 0) is 6.54 Å². The fraction of sp³-hybridized carbons (Fsp3) is 0.429. The zero-order valence-corrected chi connectivity index (χ0v) is 13.6. The predicted molar refractivity (Wildman–Crippen MR) is 83.2 cm³/mol. The monoisotopic (exact) mass is 347 g/mol. The molecule has 0 unspecified atom stereocenters. The van der Waals surface area contributed by atoms with Crippen molar-refractivity contribution < 1.29 is 9.47 Å². The van der Waals surface area contributed by atoms with Crippen LogP contribution in [0.4, 0.5) is 0 Å². The largest absolute Gasteiger partial charge is 0.490 e. The molecule has 0 fully saturated rings. The number of ether oxygens (including phenoxy) is 2. The van der Waals surface area contributed by atoms with E-state index in [4.69, 9.17) is 21.1 Å². The van der Waals surface area contributed by atoms with Gasteiger partial charge in [-0.1, -0.05) is 18.5 Å². The maximum Gasteiger partial charge on any atom is 0.175 e. The van der Waals surface area contributed by atoms with Crippen molar-refractivity contribution in [1.82, 2.24) is 5.32 Å². The summed E-state index contributed by atoms with van der Waals surface area (Å²) < 4.78 is 12.2. The highest BCUT2D eigenvalue weighted by Gasteiger charge is 2.11. The third-order valence-corrected chi connectivity index (χ3v) is 3.13. The highest BCUT2D eigenvalue weighted by atomic mass is 79.9. The minimum atomic E-state index is 0.411. The van der Waals surface area contributed by atoms with Crippen LogP contribution in [0.25, 0.3) is 0 Å². The van der Waals surface area contributed by atoms with E-state index in [0.29, 0.717) is 19.0 Å². The smallest absolute Gasteiger partial charge is 0.175 e. The molecule has 1 aromatic rings. The van der Waals surface area contributed by atoms with E-state index in [9.17, 15) is 0 Å². The van der Waals surface area contributed by atoms with Crippen LogP contribution in [0.3, 0.4) is 0 Å². The van der Waals surface area contributed by atoms with E-state index in [-0.39, 0.29) is 0 Å². The van der Waals surface area contributed by atoms with Crippen LogP contribution in [0.2, 0.25) is 0 Å². The van der Waals surface area contributed by atoms with Gasteiger partial charge in [0.05, 0.1) is 11.1 Å². The van der Waals surface area contributed by atoms with Gasteiger partial charge in [0.25, 0.3) is 0 Å². The second-order valence-corrected chi connectivity index (χ2v) is 4.90. The summed E-state index contributed by atoms with van der Waals surface area (Å²) >= 11 is 9.00. The lowest BCUT2D eigenvalue weighted by atomic mass is 10.2. The molecule has 0 aliphatic rings. The number of hydrogen-bond acceptors (Lipinski definition) is 3. The van der Waals surface area contributed by atoms with Gasteiger partial charge in [-0.2, -0.15) is 0 Å². The Balaban J connectivity index is 2.93. The summed E-state index contributed by atoms with van der Waals surface area (Å²) in [7, 11) is 0. The van der Waals surface area contributed by atoms with E-state index >= 15 is 0 Å². The Bertz CT molecular complexity index is 424. The number of rotatable bonds is 8. The summed E-state index contributed by atoms with van der Waals surface area (Å²) in [6.45, 7) is 6.77. The second kappa shape index (κ2) is 9.23. The molecule has 0 saturated carbocycles. The van der Waals surface area contributed by atoms with E-state index in [1.54, 1.807) is 6.08 Å². The van der Waals surface area contributed by atoms with Crippen molar-refractivity contribution in [2.75, 3.05) is 19.8 Å². The molecule has 0 atom stereocenters. The normalized spacial score (nSPS) is 10.9. The Morgan fingerprint density at radius 2 is 2.11 bits per heavy atom. The third-order valence-electron chi connectivity index (χ3n) is 2.36. The predicted octanol–water partition coefficient (Wildman–Crippen LogP) is 4.09. The molecular weight excluding hydrogens is 330 g/mol. The Labute approximate surface area is 128 Å². The Hall–Kier alpha value is -0.710. The fourth-order valence-electron chi connectivity index (χ4n) is 1.56. The van der Waals surface area contributed by atoms with Crippen LogP contribution >= 0.6 is 27.5 Å². The average molecular weight is 349 g/mol. The lowest BCUT2D eigenvalue weighted by Crippen LogP contribution is -2.12. The molecule has 0 spiro atoms. The summed E-state index contributed by atoms with van der Waals surface area (Å²) in [5.74, 6) is 1.45. The quantitative estimate of drug-likeness (QED) is 0.767. The van der Waals surface area contributed by atoms with Crippen LogP contribution < -0.4 is 14.8 Å². The number of halogens is 2. The van der Waals surface area contributed by atoms with Crippen molar-refractivity contribution >= 4 is 27.5 Å². The first-order valence-electron chi connectivity index (χ1n) is 6.26. The van der Waals surface area contributed by atoms with Crippen molar-refractivity contribution in [3.05, 3.63) is 33.8 Å². The van der Waals surface area contributed by atoms with Crippen molar-refractivity contribution in [3.63, 3.8) is 0 Å². The molecule has 106 valence electrons. The second-order valence-electron chi connectivity index (χ2n) is 3.79. The average Bonchev–Trinajstić information content (AvgIpc) is 2.40. The van der Waals surface area contributed by atoms with Gasteiger partial charge in [-0.15, -0.1) is 0 Å². The van der Waals surface area contributed by atoms with Gasteiger partial charge >= 0.3 is 0 Å². The fourth-order valence-corrected chi connectivity index (χ4v) is 2.24. The molecular formula is C14H19BrClNO2. The summed E-state index contributed by atoms with van der Waals surface area (Å²) in [5.41, 5.74) is 2.59. The molecule has 0 heterocycles. The van der Waals surface area contributed by atoms with Crippen molar-refractivity contribution in [2.45, 2.75) is 20.4 Å². The molecule has 0 aromatic heterocycles. The molecule has 3 nitrogen and oxygen atoms in total. The summed E-state index contributed by atoms with van der Waals surface area (Å²) in [5, 5.41) is 3.29. The minimum Gasteiger partial charge on any atom is -0.490 e. The molecule has 0 aliphatic heterocycles. The first-order valence-corrected chi connectivity index (χ1v) is 7.49. The lowest BCUT2D eigenvalue weighted by molar-refractivity contribution is 0.295. The Morgan fingerprint density at radius 1 is 1.32 bits per heavy atom. The van der Waals surface area contributed by atoms with Gasteiger partial charge in [-0.05, 0) is 53.2 Å². The van der Waals surface area contributed by atoms with Crippen molar-refractivity contribution in [1.29, 1.82) is 0 Å². The molecule has 1 rings (SSSR count). The SMILES string of the molecule is CCNCc1cc(Br)c(OC/C=C/Cl)c(OCC)c1. The standard InChI is InChI=1S/C14H19BrClNO2/c1-3-17-10-11-8-12(15)14(19-7-5-6-16)13(9-11)18-4-2/h5-6,8-9,17H,3-4,7,10H2,1-2H3/b6-5+. The molecule has 0 saturated heterocycles. The Kier molecular flexibility index (Phi) is 7.94. The molecule has 0 amide bonds. The molecule has 0 aliphatic carbocycles. The van der Waals surface area contributed by atoms with Gasteiger partial charge in [0, 0.05) is 12.1 Å².